The predicted molar refractivity (Wildman–Crippen MR) is 87.1 cm³/mol. The molecular formula is C14H17ClN4S. The van der Waals surface area contributed by atoms with Crippen molar-refractivity contribution in [1.82, 2.24) is 9.88 Å². The third-order valence-electron chi connectivity index (χ3n) is 4.03. The van der Waals surface area contributed by atoms with E-state index in [-0.39, 0.29) is 12.4 Å². The average Bonchev–Trinajstić information content (AvgIpc) is 2.89. The molecule has 0 saturated carbocycles. The fraction of sp³-hybridized carbons (Fsp3) is 0.429. The van der Waals surface area contributed by atoms with Gasteiger partial charge in [-0.2, -0.15) is 5.10 Å². The minimum Gasteiger partial charge on any atom is -0.298 e. The van der Waals surface area contributed by atoms with Crippen molar-refractivity contribution in [3.05, 3.63) is 24.3 Å². The van der Waals surface area contributed by atoms with E-state index in [1.807, 2.05) is 18.2 Å². The van der Waals surface area contributed by atoms with Crippen LogP contribution >= 0.6 is 23.7 Å². The number of hydrogen-bond acceptors (Lipinski definition) is 5. The minimum atomic E-state index is 0. The second-order valence-electron chi connectivity index (χ2n) is 5.25. The number of fused-ring (bicyclic) bond motifs is 4. The Bertz CT molecular complexity index is 598. The van der Waals surface area contributed by atoms with Gasteiger partial charge >= 0.3 is 0 Å². The van der Waals surface area contributed by atoms with E-state index in [1.54, 1.807) is 11.3 Å². The molecular weight excluding hydrogens is 292 g/mol. The van der Waals surface area contributed by atoms with Gasteiger partial charge in [0, 0.05) is 12.5 Å². The Hall–Kier alpha value is -1.17. The summed E-state index contributed by atoms with van der Waals surface area (Å²) in [6, 6.07) is 8.20. The Morgan fingerprint density at radius 3 is 2.75 bits per heavy atom. The summed E-state index contributed by atoms with van der Waals surface area (Å²) >= 11 is 1.66. The first-order chi connectivity index (χ1) is 9.38. The number of aromatic nitrogens is 1. The lowest BCUT2D eigenvalue weighted by molar-refractivity contribution is 0.200. The summed E-state index contributed by atoms with van der Waals surface area (Å²) < 4.78 is 1.21. The maximum absolute atomic E-state index is 4.60. The molecule has 1 aromatic heterocycles. The molecule has 1 aromatic carbocycles. The van der Waals surface area contributed by atoms with E-state index < -0.39 is 0 Å². The van der Waals surface area contributed by atoms with Crippen LogP contribution in [0.3, 0.4) is 0 Å². The second-order valence-corrected chi connectivity index (χ2v) is 6.28. The Morgan fingerprint density at radius 2 is 2.05 bits per heavy atom. The van der Waals surface area contributed by atoms with E-state index in [0.717, 1.165) is 17.2 Å². The van der Waals surface area contributed by atoms with Gasteiger partial charge in [-0.05, 0) is 38.1 Å². The van der Waals surface area contributed by atoms with Crippen LogP contribution in [0.5, 0.6) is 0 Å². The Kier molecular flexibility index (Phi) is 3.92. The van der Waals surface area contributed by atoms with Crippen molar-refractivity contribution in [2.24, 2.45) is 11.0 Å². The number of hydrazone groups is 1. The highest BCUT2D eigenvalue weighted by Crippen LogP contribution is 2.27. The molecule has 2 aromatic rings. The molecule has 6 heteroatoms. The molecule has 4 heterocycles. The molecule has 4 nitrogen and oxygen atoms in total. The Balaban J connectivity index is 0.00000121. The number of benzene rings is 1. The number of para-hydroxylation sites is 1. The van der Waals surface area contributed by atoms with Crippen LogP contribution in [-0.2, 0) is 0 Å². The van der Waals surface area contributed by atoms with Gasteiger partial charge in [-0.15, -0.1) is 12.4 Å². The molecule has 0 amide bonds. The molecule has 0 spiro atoms. The molecule has 106 valence electrons. The zero-order chi connectivity index (χ0) is 12.7. The largest absolute Gasteiger partial charge is 0.298 e. The highest BCUT2D eigenvalue weighted by atomic mass is 35.5. The quantitative estimate of drug-likeness (QED) is 0.866. The summed E-state index contributed by atoms with van der Waals surface area (Å²) in [6.45, 7) is 3.51. The van der Waals surface area contributed by atoms with Gasteiger partial charge in [0.05, 0.1) is 15.9 Å². The summed E-state index contributed by atoms with van der Waals surface area (Å²) in [5, 5.41) is 5.50. The van der Waals surface area contributed by atoms with Crippen LogP contribution in [0.15, 0.2) is 29.4 Å². The minimum absolute atomic E-state index is 0. The van der Waals surface area contributed by atoms with Crippen molar-refractivity contribution in [1.29, 1.82) is 0 Å². The number of thiazole rings is 1. The summed E-state index contributed by atoms with van der Waals surface area (Å²) in [7, 11) is 0. The maximum atomic E-state index is 4.60. The number of nitrogens with zero attached hydrogens (tertiary/aromatic N) is 3. The first-order valence-electron chi connectivity index (χ1n) is 6.79. The lowest BCUT2D eigenvalue weighted by Gasteiger charge is -2.39. The molecule has 5 rings (SSSR count). The number of nitrogens with one attached hydrogen (secondary N) is 1. The van der Waals surface area contributed by atoms with E-state index in [2.05, 4.69) is 26.5 Å². The van der Waals surface area contributed by atoms with Gasteiger partial charge in [-0.1, -0.05) is 23.5 Å². The van der Waals surface area contributed by atoms with Crippen LogP contribution in [0.1, 0.15) is 12.8 Å². The van der Waals surface area contributed by atoms with E-state index in [0.29, 0.717) is 5.92 Å². The van der Waals surface area contributed by atoms with Crippen molar-refractivity contribution in [3.8, 4) is 0 Å². The van der Waals surface area contributed by atoms with E-state index in [4.69, 9.17) is 0 Å². The zero-order valence-corrected chi connectivity index (χ0v) is 12.7. The number of piperidine rings is 3. The third-order valence-corrected chi connectivity index (χ3v) is 4.97. The van der Waals surface area contributed by atoms with E-state index in [1.165, 1.54) is 36.3 Å². The molecule has 20 heavy (non-hydrogen) atoms. The van der Waals surface area contributed by atoms with Crippen LogP contribution in [0.4, 0.5) is 5.13 Å². The first kappa shape index (κ1) is 13.8. The van der Waals surface area contributed by atoms with Crippen molar-refractivity contribution in [2.45, 2.75) is 12.8 Å². The van der Waals surface area contributed by atoms with Gasteiger partial charge < -0.3 is 0 Å². The number of hydrogen-bond donors (Lipinski definition) is 1. The topological polar surface area (TPSA) is 40.5 Å². The third kappa shape index (κ3) is 2.53. The smallest absolute Gasteiger partial charge is 0.204 e. The van der Waals surface area contributed by atoms with Crippen LogP contribution < -0.4 is 5.43 Å². The first-order valence-corrected chi connectivity index (χ1v) is 7.60. The SMILES string of the molecule is Cl.c1ccc2sc(NN=C3CN4CCC3CC4)nc2c1. The van der Waals surface area contributed by atoms with Crippen molar-refractivity contribution in [3.63, 3.8) is 0 Å². The Morgan fingerprint density at radius 1 is 1.25 bits per heavy atom. The second kappa shape index (κ2) is 5.68. The zero-order valence-electron chi connectivity index (χ0n) is 11.1. The highest BCUT2D eigenvalue weighted by molar-refractivity contribution is 7.22. The Labute approximate surface area is 128 Å². The summed E-state index contributed by atoms with van der Waals surface area (Å²) in [4.78, 5) is 7.03. The lowest BCUT2D eigenvalue weighted by Crippen LogP contribution is -2.48. The van der Waals surface area contributed by atoms with Crippen LogP contribution in [0, 0.1) is 5.92 Å². The number of halogens is 1. The fourth-order valence-corrected chi connectivity index (χ4v) is 3.76. The van der Waals surface area contributed by atoms with Gasteiger partial charge in [0.25, 0.3) is 0 Å². The van der Waals surface area contributed by atoms with Gasteiger partial charge in [0.1, 0.15) is 0 Å². The van der Waals surface area contributed by atoms with Gasteiger partial charge in [-0.25, -0.2) is 4.98 Å². The molecule has 0 unspecified atom stereocenters. The molecule has 3 aliphatic rings. The van der Waals surface area contributed by atoms with Crippen LogP contribution in [0.25, 0.3) is 10.2 Å². The lowest BCUT2D eigenvalue weighted by atomic mass is 9.87. The van der Waals surface area contributed by atoms with Crippen LogP contribution in [0.2, 0.25) is 0 Å². The molecule has 0 atom stereocenters. The normalized spacial score (nSPS) is 26.7. The maximum Gasteiger partial charge on any atom is 0.204 e. The monoisotopic (exact) mass is 308 g/mol. The molecule has 1 N–H and O–H groups in total. The van der Waals surface area contributed by atoms with Crippen LogP contribution in [-0.4, -0.2) is 35.2 Å². The number of anilines is 1. The standard InChI is InChI=1S/C14H16N4S.ClH/c1-2-4-13-11(3-1)15-14(19-13)17-16-12-9-18-7-5-10(12)6-8-18;/h1-4,10H,5-9H2,(H,15,17);1H. The average molecular weight is 309 g/mol. The highest BCUT2D eigenvalue weighted by Gasteiger charge is 2.30. The summed E-state index contributed by atoms with van der Waals surface area (Å²) in [5.41, 5.74) is 5.51. The fourth-order valence-electron chi connectivity index (χ4n) is 2.95. The molecule has 0 aliphatic carbocycles. The molecule has 0 radical (unpaired) electrons. The molecule has 3 saturated heterocycles. The summed E-state index contributed by atoms with van der Waals surface area (Å²) in [6.07, 6.45) is 2.53. The molecule has 2 bridgehead atoms. The van der Waals surface area contributed by atoms with Gasteiger partial charge in [0.15, 0.2) is 0 Å². The predicted octanol–water partition coefficient (Wildman–Crippen LogP) is 3.21. The van der Waals surface area contributed by atoms with Crippen molar-refractivity contribution < 1.29 is 0 Å². The van der Waals surface area contributed by atoms with Crippen molar-refractivity contribution in [2.75, 3.05) is 25.1 Å². The molecule has 3 aliphatic heterocycles. The molecule has 3 fully saturated rings. The van der Waals surface area contributed by atoms with E-state index >= 15 is 0 Å². The van der Waals surface area contributed by atoms with E-state index in [9.17, 15) is 0 Å². The summed E-state index contributed by atoms with van der Waals surface area (Å²) in [5.74, 6) is 0.687. The number of rotatable bonds is 2. The van der Waals surface area contributed by atoms with Crippen molar-refractivity contribution >= 4 is 44.8 Å². The van der Waals surface area contributed by atoms with Gasteiger partial charge in [0.2, 0.25) is 5.13 Å². The van der Waals surface area contributed by atoms with Gasteiger partial charge in [-0.3, -0.25) is 10.3 Å².